The average Bonchev–Trinajstić information content (AvgIpc) is 2.80. The molecule has 6 nitrogen and oxygen atoms in total. The summed E-state index contributed by atoms with van der Waals surface area (Å²) < 4.78 is 19.1. The Balaban J connectivity index is 2.09. The third-order valence-corrected chi connectivity index (χ3v) is 5.39. The van der Waals surface area contributed by atoms with E-state index in [1.165, 1.54) is 0 Å². The van der Waals surface area contributed by atoms with Gasteiger partial charge in [0.05, 0.1) is 12.0 Å². The quantitative estimate of drug-likeness (QED) is 0.475. The zero-order valence-electron chi connectivity index (χ0n) is 14.1. The first kappa shape index (κ1) is 18.4. The van der Waals surface area contributed by atoms with Gasteiger partial charge in [-0.05, 0) is 28.0 Å². The van der Waals surface area contributed by atoms with Crippen molar-refractivity contribution < 1.29 is 14.2 Å². The molecule has 0 aromatic carbocycles. The average molecular weight is 402 g/mol. The van der Waals surface area contributed by atoms with Crippen LogP contribution in [-0.4, -0.2) is 49.8 Å². The van der Waals surface area contributed by atoms with Crippen LogP contribution in [0.5, 0.6) is 5.88 Å². The molecule has 2 aromatic rings. The summed E-state index contributed by atoms with van der Waals surface area (Å²) in [5.41, 5.74) is 0.758. The lowest BCUT2D eigenvalue weighted by Gasteiger charge is -2.15. The first-order valence-corrected chi connectivity index (χ1v) is 12.1. The molecular weight excluding hydrogens is 378 g/mol. The van der Waals surface area contributed by atoms with Gasteiger partial charge in [-0.25, -0.2) is 9.67 Å². The van der Waals surface area contributed by atoms with Crippen LogP contribution in [0.3, 0.4) is 0 Å². The predicted octanol–water partition coefficient (Wildman–Crippen LogP) is 3.53. The van der Waals surface area contributed by atoms with Crippen molar-refractivity contribution in [1.82, 2.24) is 14.8 Å². The molecule has 0 spiro atoms. The van der Waals surface area contributed by atoms with Crippen molar-refractivity contribution in [3.05, 3.63) is 16.7 Å². The predicted molar refractivity (Wildman–Crippen MR) is 96.7 cm³/mol. The van der Waals surface area contributed by atoms with Crippen molar-refractivity contribution in [3.63, 3.8) is 0 Å². The fourth-order valence-corrected chi connectivity index (χ4v) is 3.04. The second-order valence-corrected chi connectivity index (χ2v) is 13.1. The summed E-state index contributed by atoms with van der Waals surface area (Å²) in [5.74, 6) is 0.555. The van der Waals surface area contributed by atoms with Gasteiger partial charge in [-0.15, -0.1) is 5.10 Å². The van der Waals surface area contributed by atoms with E-state index in [0.29, 0.717) is 25.8 Å². The number of ether oxygens (including phenoxy) is 3. The highest BCUT2D eigenvalue weighted by atomic mass is 79.9. The van der Waals surface area contributed by atoms with E-state index in [0.717, 1.165) is 28.2 Å². The highest BCUT2D eigenvalue weighted by Crippen LogP contribution is 2.26. The second kappa shape index (κ2) is 8.23. The summed E-state index contributed by atoms with van der Waals surface area (Å²) >= 11 is 3.44. The maximum atomic E-state index is 5.78. The molecule has 2 rings (SSSR count). The van der Waals surface area contributed by atoms with E-state index < -0.39 is 8.07 Å². The summed E-state index contributed by atoms with van der Waals surface area (Å²) in [5, 5.41) is 5.34. The Morgan fingerprint density at radius 3 is 2.70 bits per heavy atom. The Hall–Kier alpha value is -0.963. The number of hydrogen-bond acceptors (Lipinski definition) is 5. The van der Waals surface area contributed by atoms with Crippen LogP contribution in [-0.2, 0) is 16.2 Å². The molecule has 0 unspecified atom stereocenters. The molecule has 128 valence electrons. The Bertz CT molecular complexity index is 643. The van der Waals surface area contributed by atoms with Crippen molar-refractivity contribution in [3.8, 4) is 5.88 Å². The number of fused-ring (bicyclic) bond motifs is 1. The fraction of sp³-hybridized carbons (Fsp3) is 0.600. The number of rotatable bonds is 9. The smallest absolute Gasteiger partial charge is 0.242 e. The Labute approximate surface area is 146 Å². The van der Waals surface area contributed by atoms with E-state index in [2.05, 4.69) is 45.7 Å². The van der Waals surface area contributed by atoms with E-state index in [-0.39, 0.29) is 0 Å². The summed E-state index contributed by atoms with van der Waals surface area (Å²) in [4.78, 5) is 4.43. The van der Waals surface area contributed by atoms with Crippen molar-refractivity contribution in [2.45, 2.75) is 32.4 Å². The van der Waals surface area contributed by atoms with Crippen LogP contribution in [0.15, 0.2) is 16.7 Å². The van der Waals surface area contributed by atoms with E-state index in [4.69, 9.17) is 14.2 Å². The number of hydrogen-bond donors (Lipinski definition) is 0. The Morgan fingerprint density at radius 1 is 1.22 bits per heavy atom. The molecule has 2 heterocycles. The van der Waals surface area contributed by atoms with Crippen LogP contribution in [0, 0.1) is 0 Å². The molecule has 0 aliphatic heterocycles. The van der Waals surface area contributed by atoms with Crippen molar-refractivity contribution in [2.24, 2.45) is 0 Å². The van der Waals surface area contributed by atoms with Gasteiger partial charge in [-0.1, -0.05) is 19.6 Å². The molecular formula is C15H24BrN3O3Si. The van der Waals surface area contributed by atoms with Gasteiger partial charge in [-0.2, -0.15) is 0 Å². The topological polar surface area (TPSA) is 58.4 Å². The van der Waals surface area contributed by atoms with Gasteiger partial charge in [-0.3, -0.25) is 0 Å². The third-order valence-electron chi connectivity index (χ3n) is 3.26. The Kier molecular flexibility index (Phi) is 6.57. The van der Waals surface area contributed by atoms with Crippen LogP contribution in [0.2, 0.25) is 25.7 Å². The standard InChI is InChI=1S/C15H24BrN3O3Si/c1-20-5-6-22-15-13-9-12(16)10-17-14(13)19(18-15)11-21-7-8-23(2,3)4/h9-10H,5-8,11H2,1-4H3. The molecule has 8 heteroatoms. The van der Waals surface area contributed by atoms with Crippen LogP contribution in [0.25, 0.3) is 11.0 Å². The van der Waals surface area contributed by atoms with Crippen LogP contribution in [0.1, 0.15) is 0 Å². The van der Waals surface area contributed by atoms with Crippen molar-refractivity contribution >= 4 is 35.0 Å². The minimum atomic E-state index is -1.09. The van der Waals surface area contributed by atoms with Gasteiger partial charge in [0.15, 0.2) is 5.65 Å². The molecule has 23 heavy (non-hydrogen) atoms. The number of aromatic nitrogens is 3. The third kappa shape index (κ3) is 5.56. The molecule has 0 bridgehead atoms. The highest BCUT2D eigenvalue weighted by molar-refractivity contribution is 9.10. The first-order chi connectivity index (χ1) is 10.9. The van der Waals surface area contributed by atoms with E-state index in [9.17, 15) is 0 Å². The summed E-state index contributed by atoms with van der Waals surface area (Å²) in [6.07, 6.45) is 1.75. The van der Waals surface area contributed by atoms with Crippen molar-refractivity contribution in [1.29, 1.82) is 0 Å². The Morgan fingerprint density at radius 2 is 2.00 bits per heavy atom. The van der Waals surface area contributed by atoms with Gasteiger partial charge in [0.1, 0.15) is 13.3 Å². The normalized spacial score (nSPS) is 12.0. The van der Waals surface area contributed by atoms with Crippen LogP contribution >= 0.6 is 15.9 Å². The molecule has 0 aliphatic rings. The minimum Gasteiger partial charge on any atom is -0.474 e. The highest BCUT2D eigenvalue weighted by Gasteiger charge is 2.15. The number of pyridine rings is 1. The minimum absolute atomic E-state index is 0.378. The van der Waals surface area contributed by atoms with Gasteiger partial charge in [0, 0.05) is 32.5 Å². The van der Waals surface area contributed by atoms with Gasteiger partial charge >= 0.3 is 0 Å². The summed E-state index contributed by atoms with van der Waals surface area (Å²) in [6, 6.07) is 3.08. The summed E-state index contributed by atoms with van der Waals surface area (Å²) in [7, 11) is 0.555. The first-order valence-electron chi connectivity index (χ1n) is 7.62. The monoisotopic (exact) mass is 401 g/mol. The van der Waals surface area contributed by atoms with E-state index in [1.807, 2.05) is 6.07 Å². The molecule has 0 aliphatic carbocycles. The van der Waals surface area contributed by atoms with Crippen LogP contribution < -0.4 is 4.74 Å². The van der Waals surface area contributed by atoms with E-state index >= 15 is 0 Å². The molecule has 2 aromatic heterocycles. The van der Waals surface area contributed by atoms with Gasteiger partial charge in [0.25, 0.3) is 0 Å². The number of methoxy groups -OCH3 is 1. The molecule has 0 saturated carbocycles. The van der Waals surface area contributed by atoms with Gasteiger partial charge < -0.3 is 14.2 Å². The molecule has 0 saturated heterocycles. The lowest BCUT2D eigenvalue weighted by molar-refractivity contribution is 0.0793. The summed E-state index contributed by atoms with van der Waals surface area (Å²) in [6.45, 7) is 9.09. The SMILES string of the molecule is COCCOc1nn(COCC[Si](C)(C)C)c2ncc(Br)cc12. The number of nitrogens with zero attached hydrogens (tertiary/aromatic N) is 3. The van der Waals surface area contributed by atoms with Gasteiger partial charge in [0.2, 0.25) is 5.88 Å². The molecule has 0 fully saturated rings. The molecule has 0 amide bonds. The molecule has 0 atom stereocenters. The van der Waals surface area contributed by atoms with Crippen LogP contribution in [0.4, 0.5) is 0 Å². The lowest BCUT2D eigenvalue weighted by atomic mass is 10.3. The second-order valence-electron chi connectivity index (χ2n) is 6.52. The lowest BCUT2D eigenvalue weighted by Crippen LogP contribution is -2.22. The zero-order chi connectivity index (χ0) is 16.9. The van der Waals surface area contributed by atoms with E-state index in [1.54, 1.807) is 18.0 Å². The van der Waals surface area contributed by atoms with Crippen molar-refractivity contribution in [2.75, 3.05) is 26.9 Å². The molecule has 0 N–H and O–H groups in total. The maximum absolute atomic E-state index is 5.78. The molecule has 0 radical (unpaired) electrons. The largest absolute Gasteiger partial charge is 0.474 e. The number of halogens is 1. The zero-order valence-corrected chi connectivity index (χ0v) is 16.7. The fourth-order valence-electron chi connectivity index (χ4n) is 1.95. The maximum Gasteiger partial charge on any atom is 0.242 e.